The SMILES string of the molecule is C=C1OC2(CC1=O)C(=O)N(Cc1ccccc1)c1c(Br)cccc12. The number of nitrogens with zero attached hydrogens (tertiary/aromatic N) is 1. The Hall–Kier alpha value is -2.40. The number of benzene rings is 2. The largest absolute Gasteiger partial charge is 0.469 e. The summed E-state index contributed by atoms with van der Waals surface area (Å²) in [6, 6.07) is 15.3. The Balaban J connectivity index is 1.85. The summed E-state index contributed by atoms with van der Waals surface area (Å²) in [7, 11) is 0. The number of fused-ring (bicyclic) bond motifs is 2. The van der Waals surface area contributed by atoms with Crippen LogP contribution in [-0.4, -0.2) is 11.7 Å². The lowest BCUT2D eigenvalue weighted by Gasteiger charge is -2.22. The Kier molecular flexibility index (Phi) is 3.35. The summed E-state index contributed by atoms with van der Waals surface area (Å²) in [6.45, 7) is 4.06. The van der Waals surface area contributed by atoms with E-state index in [1.807, 2.05) is 48.5 Å². The molecule has 1 unspecified atom stereocenters. The van der Waals surface area contributed by atoms with Crippen LogP contribution in [0, 0.1) is 0 Å². The van der Waals surface area contributed by atoms with Crippen molar-refractivity contribution in [1.82, 2.24) is 0 Å². The van der Waals surface area contributed by atoms with E-state index in [4.69, 9.17) is 4.74 Å². The molecule has 0 aliphatic carbocycles. The molecule has 2 aliphatic heterocycles. The van der Waals surface area contributed by atoms with Gasteiger partial charge in [0.2, 0.25) is 11.4 Å². The van der Waals surface area contributed by atoms with E-state index in [0.717, 1.165) is 15.7 Å². The molecule has 2 aromatic rings. The first-order valence-corrected chi connectivity index (χ1v) is 8.38. The Bertz CT molecular complexity index is 859. The van der Waals surface area contributed by atoms with E-state index in [9.17, 15) is 9.59 Å². The van der Waals surface area contributed by atoms with Crippen LogP contribution in [0.3, 0.4) is 0 Å². The van der Waals surface area contributed by atoms with Crippen molar-refractivity contribution < 1.29 is 14.3 Å². The Morgan fingerprint density at radius 3 is 2.54 bits per heavy atom. The normalized spacial score (nSPS) is 22.2. The maximum atomic E-state index is 13.2. The molecule has 2 aromatic carbocycles. The van der Waals surface area contributed by atoms with Crippen LogP contribution in [-0.2, 0) is 26.5 Å². The Morgan fingerprint density at radius 1 is 1.12 bits per heavy atom. The lowest BCUT2D eigenvalue weighted by molar-refractivity contribution is -0.135. The first-order chi connectivity index (χ1) is 11.5. The summed E-state index contributed by atoms with van der Waals surface area (Å²) in [5.74, 6) is -0.396. The van der Waals surface area contributed by atoms with E-state index in [-0.39, 0.29) is 23.9 Å². The molecule has 24 heavy (non-hydrogen) atoms. The fourth-order valence-corrected chi connectivity index (χ4v) is 3.94. The smallest absolute Gasteiger partial charge is 0.276 e. The van der Waals surface area contributed by atoms with Crippen molar-refractivity contribution in [2.75, 3.05) is 4.90 Å². The van der Waals surface area contributed by atoms with Gasteiger partial charge in [-0.2, -0.15) is 0 Å². The third-order valence-corrected chi connectivity index (χ3v) is 5.12. The van der Waals surface area contributed by atoms with Crippen LogP contribution in [0.1, 0.15) is 17.5 Å². The molecule has 1 atom stereocenters. The Labute approximate surface area is 147 Å². The first kappa shape index (κ1) is 15.1. The van der Waals surface area contributed by atoms with Crippen molar-refractivity contribution in [3.05, 3.63) is 76.5 Å². The second-order valence-corrected chi connectivity index (χ2v) is 6.82. The zero-order chi connectivity index (χ0) is 16.9. The first-order valence-electron chi connectivity index (χ1n) is 7.59. The molecule has 4 nitrogen and oxygen atoms in total. The van der Waals surface area contributed by atoms with Crippen LogP contribution in [0.2, 0.25) is 0 Å². The molecule has 1 saturated heterocycles. The molecular weight excluding hydrogens is 370 g/mol. The van der Waals surface area contributed by atoms with Gasteiger partial charge in [-0.15, -0.1) is 0 Å². The number of rotatable bonds is 2. The number of hydrogen-bond acceptors (Lipinski definition) is 3. The van der Waals surface area contributed by atoms with Crippen LogP contribution in [0.25, 0.3) is 0 Å². The minimum atomic E-state index is -1.28. The van der Waals surface area contributed by atoms with E-state index in [1.54, 1.807) is 4.90 Å². The van der Waals surface area contributed by atoms with Crippen molar-refractivity contribution in [2.45, 2.75) is 18.6 Å². The van der Waals surface area contributed by atoms with Crippen molar-refractivity contribution in [3.8, 4) is 0 Å². The number of carbonyl (C=O) groups excluding carboxylic acids is 2. The van der Waals surface area contributed by atoms with Crippen LogP contribution in [0.5, 0.6) is 0 Å². The second-order valence-electron chi connectivity index (χ2n) is 5.97. The average Bonchev–Trinajstić information content (AvgIpc) is 2.99. The van der Waals surface area contributed by atoms with E-state index >= 15 is 0 Å². The van der Waals surface area contributed by atoms with Gasteiger partial charge in [0.1, 0.15) is 0 Å². The number of carbonyl (C=O) groups is 2. The number of halogens is 1. The van der Waals surface area contributed by atoms with Gasteiger partial charge in [-0.3, -0.25) is 9.59 Å². The minimum Gasteiger partial charge on any atom is -0.469 e. The maximum Gasteiger partial charge on any atom is 0.276 e. The third kappa shape index (κ3) is 2.04. The van der Waals surface area contributed by atoms with Crippen LogP contribution < -0.4 is 4.90 Å². The quantitative estimate of drug-likeness (QED) is 0.742. The zero-order valence-corrected chi connectivity index (χ0v) is 14.4. The Morgan fingerprint density at radius 2 is 1.88 bits per heavy atom. The van der Waals surface area contributed by atoms with Gasteiger partial charge in [0.05, 0.1) is 18.7 Å². The summed E-state index contributed by atoms with van der Waals surface area (Å²) in [6.07, 6.45) is -0.000586. The second kappa shape index (κ2) is 5.31. The predicted octanol–water partition coefficient (Wildman–Crippen LogP) is 3.69. The van der Waals surface area contributed by atoms with Crippen LogP contribution in [0.4, 0.5) is 5.69 Å². The van der Waals surface area contributed by atoms with Gasteiger partial charge in [0, 0.05) is 10.0 Å². The van der Waals surface area contributed by atoms with Gasteiger partial charge in [0.25, 0.3) is 5.91 Å². The molecule has 0 saturated carbocycles. The van der Waals surface area contributed by atoms with Gasteiger partial charge >= 0.3 is 0 Å². The molecule has 1 spiro atoms. The monoisotopic (exact) mass is 383 g/mol. The number of para-hydroxylation sites is 1. The summed E-state index contributed by atoms with van der Waals surface area (Å²) < 4.78 is 6.53. The highest BCUT2D eigenvalue weighted by Gasteiger charge is 2.58. The van der Waals surface area contributed by atoms with E-state index in [0.29, 0.717) is 12.1 Å². The molecule has 5 heteroatoms. The van der Waals surface area contributed by atoms with Gasteiger partial charge in [-0.1, -0.05) is 49.0 Å². The summed E-state index contributed by atoms with van der Waals surface area (Å²) in [5.41, 5.74) is 1.20. The zero-order valence-electron chi connectivity index (χ0n) is 12.8. The van der Waals surface area contributed by atoms with Crippen LogP contribution >= 0.6 is 15.9 Å². The number of allylic oxidation sites excluding steroid dienone is 1. The molecule has 0 radical (unpaired) electrons. The minimum absolute atomic E-state index is 0.000586. The summed E-state index contributed by atoms with van der Waals surface area (Å²) in [4.78, 5) is 26.9. The molecule has 0 aromatic heterocycles. The topological polar surface area (TPSA) is 46.6 Å². The maximum absolute atomic E-state index is 13.2. The highest BCUT2D eigenvalue weighted by Crippen LogP contribution is 2.52. The molecular formula is C19H14BrNO3. The average molecular weight is 384 g/mol. The number of hydrogen-bond donors (Lipinski definition) is 0. The number of amides is 1. The number of ether oxygens (including phenoxy) is 1. The lowest BCUT2D eigenvalue weighted by atomic mass is 9.92. The van der Waals surface area contributed by atoms with E-state index < -0.39 is 5.60 Å². The van der Waals surface area contributed by atoms with Crippen LogP contribution in [0.15, 0.2) is 65.3 Å². The van der Waals surface area contributed by atoms with E-state index in [2.05, 4.69) is 22.5 Å². The molecule has 0 bridgehead atoms. The number of Topliss-reactive ketones (excluding diaryl/α,β-unsaturated/α-hetero) is 1. The highest BCUT2D eigenvalue weighted by molar-refractivity contribution is 9.10. The molecule has 0 N–H and O–H groups in total. The van der Waals surface area contributed by atoms with Crippen molar-refractivity contribution in [1.29, 1.82) is 0 Å². The highest BCUT2D eigenvalue weighted by atomic mass is 79.9. The number of ketones is 1. The van der Waals surface area contributed by atoms with Crippen molar-refractivity contribution in [2.24, 2.45) is 0 Å². The predicted molar refractivity (Wildman–Crippen MR) is 93.3 cm³/mol. The fraction of sp³-hybridized carbons (Fsp3) is 0.158. The molecule has 1 fully saturated rings. The molecule has 2 heterocycles. The molecule has 120 valence electrons. The summed E-state index contributed by atoms with van der Waals surface area (Å²) in [5, 5.41) is 0. The molecule has 4 rings (SSSR count). The van der Waals surface area contributed by atoms with Gasteiger partial charge < -0.3 is 9.64 Å². The van der Waals surface area contributed by atoms with Crippen molar-refractivity contribution >= 4 is 33.3 Å². The molecule has 1 amide bonds. The summed E-state index contributed by atoms with van der Waals surface area (Å²) >= 11 is 3.53. The standard InChI is InChI=1S/C19H14BrNO3/c1-12-16(22)10-19(24-12)14-8-5-9-15(20)17(14)21(18(19)23)11-13-6-3-2-4-7-13/h2-9H,1,10-11H2. The van der Waals surface area contributed by atoms with Gasteiger partial charge in [-0.25, -0.2) is 0 Å². The van der Waals surface area contributed by atoms with Crippen molar-refractivity contribution in [3.63, 3.8) is 0 Å². The van der Waals surface area contributed by atoms with Gasteiger partial charge in [-0.05, 0) is 27.6 Å². The fourth-order valence-electron chi connectivity index (χ4n) is 3.36. The number of anilines is 1. The third-order valence-electron chi connectivity index (χ3n) is 4.48. The lowest BCUT2D eigenvalue weighted by Crippen LogP contribution is -2.39. The van der Waals surface area contributed by atoms with E-state index in [1.165, 1.54) is 0 Å². The molecule has 2 aliphatic rings. The van der Waals surface area contributed by atoms with Gasteiger partial charge in [0.15, 0.2) is 5.76 Å².